The molecule has 0 saturated carbocycles. The highest BCUT2D eigenvalue weighted by Gasteiger charge is 2.32. The number of ether oxygens (including phenoxy) is 2. The van der Waals surface area contributed by atoms with Crippen molar-refractivity contribution in [1.29, 1.82) is 0 Å². The van der Waals surface area contributed by atoms with E-state index in [1.54, 1.807) is 14.2 Å². The Morgan fingerprint density at radius 3 is 2.79 bits per heavy atom. The molecule has 2 aliphatic heterocycles. The maximum absolute atomic E-state index is 13.4. The number of hydrogen-bond donors (Lipinski definition) is 0. The summed E-state index contributed by atoms with van der Waals surface area (Å²) < 4.78 is 16.2. The quantitative estimate of drug-likeness (QED) is 0.549. The summed E-state index contributed by atoms with van der Waals surface area (Å²) >= 11 is 0. The van der Waals surface area contributed by atoms with Gasteiger partial charge in [-0.15, -0.1) is 0 Å². The minimum absolute atomic E-state index is 0.0202. The minimum atomic E-state index is -0.0202. The second kappa shape index (κ2) is 9.85. The SMILES string of the molecule is COc1ccc(-c2noc(CN3CCC[C@@H](C(=O)N4CCCc5ccccc54)C3)n2)cc1OC. The summed E-state index contributed by atoms with van der Waals surface area (Å²) in [5.41, 5.74) is 3.14. The lowest BCUT2D eigenvalue weighted by atomic mass is 9.94. The van der Waals surface area contributed by atoms with Gasteiger partial charge in [0.2, 0.25) is 17.6 Å². The number of carbonyl (C=O) groups is 1. The fraction of sp³-hybridized carbons (Fsp3) is 0.423. The van der Waals surface area contributed by atoms with E-state index in [0.717, 1.165) is 50.0 Å². The first-order valence-corrected chi connectivity index (χ1v) is 11.8. The number of fused-ring (bicyclic) bond motifs is 1. The van der Waals surface area contributed by atoms with E-state index in [9.17, 15) is 4.79 Å². The molecule has 1 atom stereocenters. The van der Waals surface area contributed by atoms with E-state index in [1.807, 2.05) is 29.2 Å². The van der Waals surface area contributed by atoms with Crippen LogP contribution in [-0.4, -0.2) is 54.8 Å². The molecule has 8 heteroatoms. The Morgan fingerprint density at radius 2 is 1.94 bits per heavy atom. The molecule has 0 aliphatic carbocycles. The maximum atomic E-state index is 13.4. The molecule has 0 N–H and O–H groups in total. The Hall–Kier alpha value is -3.39. The number of likely N-dealkylation sites (tertiary alicyclic amines) is 1. The van der Waals surface area contributed by atoms with Crippen LogP contribution in [0.5, 0.6) is 11.5 Å². The molecule has 1 fully saturated rings. The van der Waals surface area contributed by atoms with Crippen LogP contribution in [0.3, 0.4) is 0 Å². The summed E-state index contributed by atoms with van der Waals surface area (Å²) in [6.07, 6.45) is 3.94. The summed E-state index contributed by atoms with van der Waals surface area (Å²) in [5, 5.41) is 4.15. The number of rotatable bonds is 6. The molecule has 1 amide bonds. The van der Waals surface area contributed by atoms with Gasteiger partial charge in [-0.1, -0.05) is 23.4 Å². The third-order valence-electron chi connectivity index (χ3n) is 6.70. The smallest absolute Gasteiger partial charge is 0.241 e. The van der Waals surface area contributed by atoms with Crippen molar-refractivity contribution in [2.75, 3.05) is 38.8 Å². The van der Waals surface area contributed by atoms with Gasteiger partial charge in [0.05, 0.1) is 26.7 Å². The van der Waals surface area contributed by atoms with Gasteiger partial charge in [-0.25, -0.2) is 0 Å². The topological polar surface area (TPSA) is 80.9 Å². The Bertz CT molecular complexity index is 1160. The zero-order valence-corrected chi connectivity index (χ0v) is 19.7. The van der Waals surface area contributed by atoms with Gasteiger partial charge in [0, 0.05) is 24.3 Å². The van der Waals surface area contributed by atoms with Crippen LogP contribution in [-0.2, 0) is 17.8 Å². The summed E-state index contributed by atoms with van der Waals surface area (Å²) in [5.74, 6) is 2.52. The summed E-state index contributed by atoms with van der Waals surface area (Å²) in [4.78, 5) is 22.3. The van der Waals surface area contributed by atoms with Gasteiger partial charge in [0.15, 0.2) is 11.5 Å². The highest BCUT2D eigenvalue weighted by Crippen LogP contribution is 2.32. The van der Waals surface area contributed by atoms with Gasteiger partial charge in [-0.2, -0.15) is 4.98 Å². The summed E-state index contributed by atoms with van der Waals surface area (Å²) in [6, 6.07) is 13.8. The second-order valence-corrected chi connectivity index (χ2v) is 8.88. The van der Waals surface area contributed by atoms with Crippen molar-refractivity contribution in [2.24, 2.45) is 5.92 Å². The lowest BCUT2D eigenvalue weighted by molar-refractivity contribution is -0.124. The molecule has 178 valence electrons. The van der Waals surface area contributed by atoms with Crippen molar-refractivity contribution >= 4 is 11.6 Å². The highest BCUT2D eigenvalue weighted by atomic mass is 16.5. The number of piperidine rings is 1. The van der Waals surface area contributed by atoms with Crippen molar-refractivity contribution < 1.29 is 18.8 Å². The van der Waals surface area contributed by atoms with Crippen LogP contribution in [0.25, 0.3) is 11.4 Å². The molecule has 0 spiro atoms. The number of benzene rings is 2. The molecule has 0 bridgehead atoms. The number of aryl methyl sites for hydroxylation is 1. The van der Waals surface area contributed by atoms with Crippen LogP contribution in [0.4, 0.5) is 5.69 Å². The average molecular weight is 463 g/mol. The normalized spacial score (nSPS) is 18.4. The van der Waals surface area contributed by atoms with Crippen molar-refractivity contribution in [1.82, 2.24) is 15.0 Å². The Kier molecular flexibility index (Phi) is 6.49. The summed E-state index contributed by atoms with van der Waals surface area (Å²) in [6.45, 7) is 2.94. The first kappa shape index (κ1) is 22.4. The van der Waals surface area contributed by atoms with Gasteiger partial charge >= 0.3 is 0 Å². The standard InChI is InChI=1S/C26H30N4O4/c1-32-22-12-11-19(15-23(22)33-2)25-27-24(34-28-25)17-29-13-5-9-20(16-29)26(31)30-14-6-8-18-7-3-4-10-21(18)30/h3-4,7,10-12,15,20H,5-6,8-9,13-14,16-17H2,1-2H3/t20-/m1/s1. The molecule has 0 radical (unpaired) electrons. The van der Waals surface area contributed by atoms with Crippen molar-refractivity contribution in [2.45, 2.75) is 32.2 Å². The number of carbonyl (C=O) groups excluding carboxylic acids is 1. The van der Waals surface area contributed by atoms with Crippen LogP contribution in [0.15, 0.2) is 47.0 Å². The molecule has 3 heterocycles. The third-order valence-corrected chi connectivity index (χ3v) is 6.70. The van der Waals surface area contributed by atoms with Crippen LogP contribution in [0, 0.1) is 5.92 Å². The van der Waals surface area contributed by atoms with E-state index in [1.165, 1.54) is 5.56 Å². The van der Waals surface area contributed by atoms with E-state index in [-0.39, 0.29) is 11.8 Å². The van der Waals surface area contributed by atoms with Gasteiger partial charge in [-0.05, 0) is 62.1 Å². The zero-order chi connectivity index (χ0) is 23.5. The van der Waals surface area contributed by atoms with Crippen molar-refractivity contribution in [3.63, 3.8) is 0 Å². The van der Waals surface area contributed by atoms with Crippen LogP contribution in [0.1, 0.15) is 30.7 Å². The Morgan fingerprint density at radius 1 is 1.09 bits per heavy atom. The average Bonchev–Trinajstić information content (AvgIpc) is 3.36. The molecule has 34 heavy (non-hydrogen) atoms. The zero-order valence-electron chi connectivity index (χ0n) is 19.7. The summed E-state index contributed by atoms with van der Waals surface area (Å²) in [7, 11) is 3.20. The third kappa shape index (κ3) is 4.50. The molecular weight excluding hydrogens is 432 g/mol. The minimum Gasteiger partial charge on any atom is -0.493 e. The van der Waals surface area contributed by atoms with Crippen molar-refractivity contribution in [3.8, 4) is 22.9 Å². The molecule has 2 aromatic carbocycles. The first-order chi connectivity index (χ1) is 16.7. The maximum Gasteiger partial charge on any atom is 0.241 e. The Balaban J connectivity index is 1.25. The van der Waals surface area contributed by atoms with Gasteiger partial charge in [0.1, 0.15) is 0 Å². The van der Waals surface area contributed by atoms with E-state index >= 15 is 0 Å². The highest BCUT2D eigenvalue weighted by molar-refractivity contribution is 5.96. The van der Waals surface area contributed by atoms with Crippen LogP contribution >= 0.6 is 0 Å². The Labute approximate surface area is 199 Å². The van der Waals surface area contributed by atoms with Crippen molar-refractivity contribution in [3.05, 3.63) is 53.9 Å². The number of anilines is 1. The number of para-hydroxylation sites is 1. The molecule has 1 saturated heterocycles. The van der Waals surface area contributed by atoms with Crippen LogP contribution in [0.2, 0.25) is 0 Å². The monoisotopic (exact) mass is 462 g/mol. The number of nitrogens with zero attached hydrogens (tertiary/aromatic N) is 4. The van der Waals surface area contributed by atoms with E-state index < -0.39 is 0 Å². The number of amides is 1. The largest absolute Gasteiger partial charge is 0.493 e. The number of hydrogen-bond acceptors (Lipinski definition) is 7. The fourth-order valence-electron chi connectivity index (χ4n) is 4.99. The van der Waals surface area contributed by atoms with Gasteiger partial charge in [0.25, 0.3) is 0 Å². The van der Waals surface area contributed by atoms with E-state index in [2.05, 4.69) is 33.2 Å². The molecule has 2 aliphatic rings. The molecule has 5 rings (SSSR count). The number of aromatic nitrogens is 2. The van der Waals surface area contributed by atoms with Gasteiger partial charge in [-0.3, -0.25) is 9.69 Å². The molecule has 8 nitrogen and oxygen atoms in total. The lowest BCUT2D eigenvalue weighted by Gasteiger charge is -2.36. The molecule has 0 unspecified atom stereocenters. The lowest BCUT2D eigenvalue weighted by Crippen LogP contribution is -2.46. The van der Waals surface area contributed by atoms with E-state index in [0.29, 0.717) is 36.3 Å². The molecule has 3 aromatic rings. The fourth-order valence-corrected chi connectivity index (χ4v) is 4.99. The molecule has 1 aromatic heterocycles. The number of methoxy groups -OCH3 is 2. The van der Waals surface area contributed by atoms with Crippen LogP contribution < -0.4 is 14.4 Å². The van der Waals surface area contributed by atoms with E-state index in [4.69, 9.17) is 14.0 Å². The predicted octanol–water partition coefficient (Wildman–Crippen LogP) is 3.95. The van der Waals surface area contributed by atoms with Gasteiger partial charge < -0.3 is 18.9 Å². The second-order valence-electron chi connectivity index (χ2n) is 8.88. The predicted molar refractivity (Wildman–Crippen MR) is 128 cm³/mol. The molecular formula is C26H30N4O4. The first-order valence-electron chi connectivity index (χ1n) is 11.8.